The van der Waals surface area contributed by atoms with Crippen molar-refractivity contribution in [3.05, 3.63) is 64.6 Å². The number of amides is 3. The van der Waals surface area contributed by atoms with Crippen LogP contribution < -0.4 is 4.90 Å². The molecule has 2 aromatic carbocycles. The van der Waals surface area contributed by atoms with Gasteiger partial charge in [0.2, 0.25) is 5.91 Å². The second-order valence-corrected chi connectivity index (χ2v) is 7.76. The van der Waals surface area contributed by atoms with E-state index in [1.54, 1.807) is 43.3 Å². The Morgan fingerprint density at radius 2 is 1.81 bits per heavy atom. The number of aromatic carboxylic acids is 1. The highest BCUT2D eigenvalue weighted by Gasteiger charge is 2.43. The summed E-state index contributed by atoms with van der Waals surface area (Å²) >= 11 is 1.04. The Morgan fingerprint density at radius 1 is 1.06 bits per heavy atom. The van der Waals surface area contributed by atoms with Crippen molar-refractivity contribution in [3.63, 3.8) is 0 Å². The number of hydrogen-bond donors (Lipinski definition) is 1. The standard InChI is InChI=1S/C22H17N3O5S/c1-3-24-20(28)18(31-22(24)23-14-8-6-7-13(11-14)21(29)30)17-15-9-4-5-10-16(15)25(12(2)26)19(17)27/h4-11H,3H2,1-2H3,(H,29,30)/b18-17-,23-22?. The number of carbonyl (C=O) groups is 4. The maximum atomic E-state index is 13.1. The number of aliphatic imine (C=N–C) groups is 1. The molecule has 2 heterocycles. The van der Waals surface area contributed by atoms with Crippen molar-refractivity contribution in [2.24, 2.45) is 4.99 Å². The molecule has 3 amide bonds. The molecule has 8 nitrogen and oxygen atoms in total. The monoisotopic (exact) mass is 435 g/mol. The van der Waals surface area contributed by atoms with E-state index in [-0.39, 0.29) is 21.9 Å². The lowest BCUT2D eigenvalue weighted by Crippen LogP contribution is -2.32. The van der Waals surface area contributed by atoms with Crippen molar-refractivity contribution in [3.8, 4) is 0 Å². The first-order valence-corrected chi connectivity index (χ1v) is 10.3. The van der Waals surface area contributed by atoms with E-state index in [0.717, 1.165) is 16.7 Å². The number of likely N-dealkylation sites (N-methyl/N-ethyl adjacent to an activating group) is 1. The Kier molecular flexibility index (Phi) is 5.20. The van der Waals surface area contributed by atoms with Crippen LogP contribution in [0.4, 0.5) is 11.4 Å². The topological polar surface area (TPSA) is 107 Å². The van der Waals surface area contributed by atoms with Crippen LogP contribution in [0.15, 0.2) is 58.4 Å². The predicted molar refractivity (Wildman–Crippen MR) is 117 cm³/mol. The molecule has 0 bridgehead atoms. The number of carboxylic acid groups (broad SMARTS) is 1. The molecule has 1 saturated heterocycles. The Labute approximate surface area is 181 Å². The number of rotatable bonds is 3. The van der Waals surface area contributed by atoms with Crippen LogP contribution in [0.25, 0.3) is 5.57 Å². The number of thioether (sulfide) groups is 1. The zero-order valence-corrected chi connectivity index (χ0v) is 17.5. The molecule has 1 N–H and O–H groups in total. The van der Waals surface area contributed by atoms with E-state index >= 15 is 0 Å². The number of fused-ring (bicyclic) bond motifs is 1. The first-order chi connectivity index (χ1) is 14.8. The summed E-state index contributed by atoms with van der Waals surface area (Å²) in [6, 6.07) is 12.9. The van der Waals surface area contributed by atoms with Crippen LogP contribution in [0.1, 0.15) is 29.8 Å². The molecule has 0 aliphatic carbocycles. The van der Waals surface area contributed by atoms with Gasteiger partial charge in [-0.3, -0.25) is 19.3 Å². The summed E-state index contributed by atoms with van der Waals surface area (Å²) in [6.07, 6.45) is 0. The molecule has 156 valence electrons. The summed E-state index contributed by atoms with van der Waals surface area (Å²) in [6.45, 7) is 3.39. The Hall–Kier alpha value is -3.72. The van der Waals surface area contributed by atoms with E-state index in [0.29, 0.717) is 28.7 Å². The van der Waals surface area contributed by atoms with E-state index in [1.165, 1.54) is 24.0 Å². The van der Waals surface area contributed by atoms with Crippen LogP contribution in [-0.4, -0.2) is 45.4 Å². The average Bonchev–Trinajstić information content (AvgIpc) is 3.20. The summed E-state index contributed by atoms with van der Waals surface area (Å²) < 4.78 is 0. The van der Waals surface area contributed by atoms with Crippen LogP contribution in [0.5, 0.6) is 0 Å². The average molecular weight is 435 g/mol. The quantitative estimate of drug-likeness (QED) is 0.742. The minimum atomic E-state index is -1.08. The predicted octanol–water partition coefficient (Wildman–Crippen LogP) is 3.27. The second kappa shape index (κ2) is 7.84. The van der Waals surface area contributed by atoms with Gasteiger partial charge in [-0.25, -0.2) is 14.7 Å². The molecule has 0 atom stereocenters. The highest BCUT2D eigenvalue weighted by molar-refractivity contribution is 8.18. The number of carboxylic acids is 1. The molecular formula is C22H17N3O5S. The minimum absolute atomic E-state index is 0.0785. The molecule has 31 heavy (non-hydrogen) atoms. The van der Waals surface area contributed by atoms with Crippen molar-refractivity contribution >= 4 is 57.6 Å². The molecule has 2 aromatic rings. The maximum absolute atomic E-state index is 13.1. The smallest absolute Gasteiger partial charge is 0.335 e. The molecule has 9 heteroatoms. The number of para-hydroxylation sites is 1. The van der Waals surface area contributed by atoms with Gasteiger partial charge in [0.1, 0.15) is 0 Å². The number of anilines is 1. The fourth-order valence-electron chi connectivity index (χ4n) is 3.49. The molecule has 0 radical (unpaired) electrons. The highest BCUT2D eigenvalue weighted by atomic mass is 32.2. The lowest BCUT2D eigenvalue weighted by atomic mass is 10.1. The van der Waals surface area contributed by atoms with Gasteiger partial charge in [0, 0.05) is 19.0 Å². The summed E-state index contributed by atoms with van der Waals surface area (Å²) in [4.78, 5) is 56.7. The van der Waals surface area contributed by atoms with E-state index in [2.05, 4.69) is 4.99 Å². The van der Waals surface area contributed by atoms with Gasteiger partial charge in [0.15, 0.2) is 5.17 Å². The molecule has 4 rings (SSSR count). The van der Waals surface area contributed by atoms with Crippen LogP contribution in [0, 0.1) is 0 Å². The SMILES string of the molecule is CCN1C(=O)/C(=C2/C(=O)N(C(C)=O)c3ccccc32)SC1=Nc1cccc(C(=O)O)c1. The van der Waals surface area contributed by atoms with E-state index in [9.17, 15) is 24.3 Å². The van der Waals surface area contributed by atoms with Crippen molar-refractivity contribution in [2.75, 3.05) is 11.4 Å². The number of hydrogen-bond acceptors (Lipinski definition) is 6. The lowest BCUT2D eigenvalue weighted by molar-refractivity contribution is -0.124. The van der Waals surface area contributed by atoms with Gasteiger partial charge in [-0.15, -0.1) is 0 Å². The number of nitrogens with zero attached hydrogens (tertiary/aromatic N) is 3. The largest absolute Gasteiger partial charge is 0.478 e. The fraction of sp³-hybridized carbons (Fsp3) is 0.136. The van der Waals surface area contributed by atoms with Gasteiger partial charge in [0.05, 0.1) is 27.4 Å². The number of amidine groups is 1. The zero-order chi connectivity index (χ0) is 22.3. The molecule has 0 aromatic heterocycles. The number of imide groups is 1. The molecular weight excluding hydrogens is 418 g/mol. The van der Waals surface area contributed by atoms with Crippen molar-refractivity contribution < 1.29 is 24.3 Å². The number of carbonyl (C=O) groups excluding carboxylic acids is 3. The molecule has 1 fully saturated rings. The molecule has 0 spiro atoms. The van der Waals surface area contributed by atoms with Gasteiger partial charge >= 0.3 is 5.97 Å². The summed E-state index contributed by atoms with van der Waals surface area (Å²) in [5, 5.41) is 9.53. The molecule has 2 aliphatic rings. The minimum Gasteiger partial charge on any atom is -0.478 e. The summed E-state index contributed by atoms with van der Waals surface area (Å²) in [5.74, 6) is -2.45. The third-order valence-electron chi connectivity index (χ3n) is 4.87. The second-order valence-electron chi connectivity index (χ2n) is 6.78. The van der Waals surface area contributed by atoms with E-state index in [1.807, 2.05) is 0 Å². The third kappa shape index (κ3) is 3.42. The third-order valence-corrected chi connectivity index (χ3v) is 5.95. The van der Waals surface area contributed by atoms with Crippen LogP contribution in [0.3, 0.4) is 0 Å². The Balaban J connectivity index is 1.83. The van der Waals surface area contributed by atoms with Gasteiger partial charge in [0.25, 0.3) is 11.8 Å². The molecule has 0 saturated carbocycles. The van der Waals surface area contributed by atoms with Crippen LogP contribution in [-0.2, 0) is 14.4 Å². The van der Waals surface area contributed by atoms with E-state index < -0.39 is 17.8 Å². The van der Waals surface area contributed by atoms with Crippen LogP contribution >= 0.6 is 11.8 Å². The van der Waals surface area contributed by atoms with Gasteiger partial charge in [-0.05, 0) is 43.0 Å². The number of benzene rings is 2. The fourth-order valence-corrected chi connectivity index (χ4v) is 4.64. The normalized spacial score (nSPS) is 19.4. The first kappa shape index (κ1) is 20.5. The van der Waals surface area contributed by atoms with Crippen molar-refractivity contribution in [2.45, 2.75) is 13.8 Å². The van der Waals surface area contributed by atoms with Gasteiger partial charge < -0.3 is 5.11 Å². The lowest BCUT2D eigenvalue weighted by Gasteiger charge is -2.12. The van der Waals surface area contributed by atoms with Crippen LogP contribution in [0.2, 0.25) is 0 Å². The summed E-state index contributed by atoms with van der Waals surface area (Å²) in [5.41, 5.74) is 1.59. The first-order valence-electron chi connectivity index (χ1n) is 9.44. The van der Waals surface area contributed by atoms with Gasteiger partial charge in [-0.1, -0.05) is 24.3 Å². The Morgan fingerprint density at radius 3 is 2.48 bits per heavy atom. The maximum Gasteiger partial charge on any atom is 0.335 e. The van der Waals surface area contributed by atoms with Crippen molar-refractivity contribution in [1.82, 2.24) is 4.90 Å². The van der Waals surface area contributed by atoms with Crippen molar-refractivity contribution in [1.29, 1.82) is 0 Å². The molecule has 0 unspecified atom stereocenters. The van der Waals surface area contributed by atoms with Gasteiger partial charge in [-0.2, -0.15) is 0 Å². The zero-order valence-electron chi connectivity index (χ0n) is 16.7. The van der Waals surface area contributed by atoms with E-state index in [4.69, 9.17) is 0 Å². The Bertz CT molecular complexity index is 1220. The summed E-state index contributed by atoms with van der Waals surface area (Å²) in [7, 11) is 0. The molecule has 2 aliphatic heterocycles. The highest BCUT2D eigenvalue weighted by Crippen LogP contribution is 2.44.